The topological polar surface area (TPSA) is 125 Å². The van der Waals surface area contributed by atoms with Gasteiger partial charge < -0.3 is 19.8 Å². The van der Waals surface area contributed by atoms with Crippen molar-refractivity contribution in [1.82, 2.24) is 40.2 Å². The van der Waals surface area contributed by atoms with Gasteiger partial charge in [0.05, 0.1) is 21.8 Å². The lowest BCUT2D eigenvalue weighted by molar-refractivity contribution is 0.367. The van der Waals surface area contributed by atoms with Crippen LogP contribution in [0.2, 0.25) is 10.0 Å². The highest BCUT2D eigenvalue weighted by atomic mass is 35.5. The summed E-state index contributed by atoms with van der Waals surface area (Å²) in [7, 11) is 0. The number of rotatable bonds is 6. The van der Waals surface area contributed by atoms with Crippen molar-refractivity contribution in [2.24, 2.45) is 0 Å². The van der Waals surface area contributed by atoms with Gasteiger partial charge in [-0.25, -0.2) is 0 Å². The van der Waals surface area contributed by atoms with Crippen LogP contribution < -0.4 is 21.8 Å². The largest absolute Gasteiger partial charge is 0.314 e. The molecule has 2 atom stereocenters. The van der Waals surface area contributed by atoms with Gasteiger partial charge in [-0.05, 0) is 102 Å². The third kappa shape index (κ3) is 6.39. The van der Waals surface area contributed by atoms with Crippen LogP contribution in [0.3, 0.4) is 0 Å². The first-order valence-electron chi connectivity index (χ1n) is 17.1. The first-order valence-corrected chi connectivity index (χ1v) is 17.9. The van der Waals surface area contributed by atoms with E-state index in [1.165, 1.54) is 38.5 Å². The van der Waals surface area contributed by atoms with Gasteiger partial charge in [-0.3, -0.25) is 19.8 Å². The summed E-state index contributed by atoms with van der Waals surface area (Å²) in [5, 5.41) is 26.2. The number of hydrogen-bond donors (Lipinski definition) is 4. The van der Waals surface area contributed by atoms with Crippen molar-refractivity contribution in [3.63, 3.8) is 0 Å². The maximum atomic E-state index is 13.0. The number of benzene rings is 2. The normalized spacial score (nSPS) is 18.5. The quantitative estimate of drug-likeness (QED) is 0.154. The number of aromatic amines is 2. The molecule has 2 aliphatic heterocycles. The highest BCUT2D eigenvalue weighted by Crippen LogP contribution is 2.28. The van der Waals surface area contributed by atoms with Crippen molar-refractivity contribution in [2.45, 2.75) is 90.4 Å². The van der Waals surface area contributed by atoms with E-state index in [0.717, 1.165) is 59.1 Å². The molecule has 0 saturated carbocycles. The molecular weight excluding hydrogens is 647 g/mol. The standard InChI is InChI=1S/2C18H21ClN4O/c2*1-11-16-17(22-21-11)14-10-12(19)5-6-15(14)23(18(16)24)9-7-13-4-2-3-8-20-13/h2*5-6,10,13,20H,2-4,7-9H2,1H3,(H,21,22)/t2*13-/m10/s1. The fraction of sp³-hybridized carbons (Fsp3) is 0.444. The Kier molecular flexibility index (Phi) is 9.60. The number of nitrogens with zero attached hydrogens (tertiary/aromatic N) is 4. The molecule has 10 nitrogen and oxygen atoms in total. The Balaban J connectivity index is 0.000000152. The molecular formula is C36H42Cl2N8O2. The van der Waals surface area contributed by atoms with Crippen LogP contribution in [0.4, 0.5) is 0 Å². The van der Waals surface area contributed by atoms with Gasteiger partial charge in [-0.15, -0.1) is 0 Å². The average Bonchev–Trinajstić information content (AvgIpc) is 3.69. The third-order valence-corrected chi connectivity index (χ3v) is 10.5. The fourth-order valence-corrected chi connectivity index (χ4v) is 7.83. The smallest absolute Gasteiger partial charge is 0.262 e. The second-order valence-corrected chi connectivity index (χ2v) is 14.1. The molecule has 12 heteroatoms. The molecule has 0 radical (unpaired) electrons. The summed E-state index contributed by atoms with van der Waals surface area (Å²) in [4.78, 5) is 26.1. The van der Waals surface area contributed by atoms with E-state index in [-0.39, 0.29) is 11.1 Å². The Labute approximate surface area is 288 Å². The van der Waals surface area contributed by atoms with Crippen molar-refractivity contribution in [3.8, 4) is 0 Å². The van der Waals surface area contributed by atoms with Gasteiger partial charge in [0.25, 0.3) is 11.1 Å². The molecule has 0 unspecified atom stereocenters. The number of piperidine rings is 2. The van der Waals surface area contributed by atoms with E-state index in [9.17, 15) is 9.59 Å². The molecule has 0 bridgehead atoms. The van der Waals surface area contributed by atoms with Crippen molar-refractivity contribution in [1.29, 1.82) is 0 Å². The maximum absolute atomic E-state index is 13.0. The van der Waals surface area contributed by atoms with Gasteiger partial charge in [0.2, 0.25) is 0 Å². The minimum atomic E-state index is 0.0295. The minimum absolute atomic E-state index is 0.0295. The Bertz CT molecular complexity index is 2060. The molecule has 2 saturated heterocycles. The van der Waals surface area contributed by atoms with Crippen LogP contribution in [0.1, 0.15) is 62.8 Å². The zero-order chi connectivity index (χ0) is 33.4. The van der Waals surface area contributed by atoms with Crippen LogP contribution in [-0.4, -0.2) is 54.7 Å². The molecule has 2 aromatic carbocycles. The van der Waals surface area contributed by atoms with E-state index in [1.807, 2.05) is 59.4 Å². The summed E-state index contributed by atoms with van der Waals surface area (Å²) in [6.45, 7) is 7.34. The zero-order valence-electron chi connectivity index (χ0n) is 27.5. The van der Waals surface area contributed by atoms with Gasteiger partial charge in [-0.1, -0.05) is 36.0 Å². The van der Waals surface area contributed by atoms with E-state index in [1.54, 1.807) is 0 Å². The molecule has 0 spiro atoms. The Hall–Kier alpha value is -3.70. The van der Waals surface area contributed by atoms with Crippen LogP contribution in [0.5, 0.6) is 0 Å². The first-order chi connectivity index (χ1) is 23.3. The molecule has 6 heterocycles. The third-order valence-electron chi connectivity index (χ3n) is 10.0. The fourth-order valence-electron chi connectivity index (χ4n) is 7.48. The van der Waals surface area contributed by atoms with Crippen LogP contribution in [0.25, 0.3) is 43.6 Å². The molecule has 2 fully saturated rings. The number of aromatic nitrogens is 6. The molecule has 48 heavy (non-hydrogen) atoms. The van der Waals surface area contributed by atoms with E-state index in [4.69, 9.17) is 23.2 Å². The van der Waals surface area contributed by atoms with Crippen LogP contribution in [0.15, 0.2) is 46.0 Å². The van der Waals surface area contributed by atoms with E-state index in [2.05, 4.69) is 31.0 Å². The molecule has 0 amide bonds. The number of halogens is 2. The molecule has 252 valence electrons. The number of hydrogen-bond acceptors (Lipinski definition) is 6. The number of nitrogens with one attached hydrogen (secondary N) is 4. The van der Waals surface area contributed by atoms with Gasteiger partial charge in [0.1, 0.15) is 11.0 Å². The molecule has 6 aromatic rings. The second kappa shape index (κ2) is 14.0. The minimum Gasteiger partial charge on any atom is -0.314 e. The van der Waals surface area contributed by atoms with Crippen LogP contribution >= 0.6 is 23.2 Å². The Morgan fingerprint density at radius 1 is 0.688 bits per heavy atom. The zero-order valence-corrected chi connectivity index (χ0v) is 29.0. The van der Waals surface area contributed by atoms with Crippen molar-refractivity contribution in [2.75, 3.05) is 13.1 Å². The highest BCUT2D eigenvalue weighted by molar-refractivity contribution is 6.32. The van der Waals surface area contributed by atoms with Gasteiger partial charge in [0.15, 0.2) is 0 Å². The first kappa shape index (κ1) is 32.8. The number of aryl methyl sites for hydroxylation is 4. The lowest BCUT2D eigenvalue weighted by atomic mass is 10.0. The lowest BCUT2D eigenvalue weighted by Crippen LogP contribution is -2.35. The summed E-state index contributed by atoms with van der Waals surface area (Å²) in [6.07, 6.45) is 9.32. The predicted molar refractivity (Wildman–Crippen MR) is 196 cm³/mol. The van der Waals surface area contributed by atoms with Crippen molar-refractivity contribution in [3.05, 3.63) is 78.5 Å². The summed E-state index contributed by atoms with van der Waals surface area (Å²) >= 11 is 12.4. The number of pyridine rings is 2. The monoisotopic (exact) mass is 688 g/mol. The maximum Gasteiger partial charge on any atom is 0.262 e. The molecule has 2 aliphatic rings. The predicted octanol–water partition coefficient (Wildman–Crippen LogP) is 6.74. The lowest BCUT2D eigenvalue weighted by Gasteiger charge is -2.24. The van der Waals surface area contributed by atoms with Crippen molar-refractivity contribution < 1.29 is 0 Å². The molecule has 0 aliphatic carbocycles. The van der Waals surface area contributed by atoms with Crippen LogP contribution in [-0.2, 0) is 13.1 Å². The molecule has 8 rings (SSSR count). The van der Waals surface area contributed by atoms with E-state index >= 15 is 0 Å². The Morgan fingerprint density at radius 3 is 1.52 bits per heavy atom. The van der Waals surface area contributed by atoms with Gasteiger partial charge in [-0.2, -0.15) is 10.2 Å². The highest BCUT2D eigenvalue weighted by Gasteiger charge is 2.20. The van der Waals surface area contributed by atoms with Crippen molar-refractivity contribution >= 4 is 66.8 Å². The summed E-state index contributed by atoms with van der Waals surface area (Å²) in [5.74, 6) is 0. The van der Waals surface area contributed by atoms with Crippen LogP contribution in [0, 0.1) is 13.8 Å². The number of fused-ring (bicyclic) bond motifs is 6. The van der Waals surface area contributed by atoms with E-state index in [0.29, 0.717) is 57.0 Å². The van der Waals surface area contributed by atoms with Gasteiger partial charge in [0, 0.05) is 57.4 Å². The average molecular weight is 690 g/mol. The van der Waals surface area contributed by atoms with E-state index < -0.39 is 0 Å². The van der Waals surface area contributed by atoms with Gasteiger partial charge >= 0.3 is 0 Å². The second-order valence-electron chi connectivity index (χ2n) is 13.3. The Morgan fingerprint density at radius 2 is 1.12 bits per heavy atom. The summed E-state index contributed by atoms with van der Waals surface area (Å²) in [6, 6.07) is 12.3. The summed E-state index contributed by atoms with van der Waals surface area (Å²) < 4.78 is 3.76. The summed E-state index contributed by atoms with van der Waals surface area (Å²) in [5.41, 5.74) is 4.90. The number of H-pyrrole nitrogens is 2. The SMILES string of the molecule is Cc1[nH]nc2c1c(=O)n(CC[C@@H]1CCCCN1)c1ccc(Cl)cc21.Cc1[nH]nc2c1c(=O)n(CC[C@H]1CCCCN1)c1ccc(Cl)cc21. The molecule has 4 aromatic heterocycles. The molecule has 4 N–H and O–H groups in total.